The van der Waals surface area contributed by atoms with Gasteiger partial charge in [0.2, 0.25) is 5.91 Å². The SMILES string of the molecule is NC1C=C(C(=O)NC2CCC(C(F)(F)F)CC2)CCC1. The number of amides is 1. The lowest BCUT2D eigenvalue weighted by atomic mass is 9.85. The number of halogens is 3. The van der Waals surface area contributed by atoms with Gasteiger partial charge in [0.15, 0.2) is 0 Å². The van der Waals surface area contributed by atoms with Gasteiger partial charge in [0.05, 0.1) is 5.92 Å². The summed E-state index contributed by atoms with van der Waals surface area (Å²) in [4.78, 5) is 12.0. The molecule has 0 heterocycles. The van der Waals surface area contributed by atoms with E-state index in [0.29, 0.717) is 24.8 Å². The molecule has 0 aliphatic heterocycles. The monoisotopic (exact) mass is 290 g/mol. The Morgan fingerprint density at radius 2 is 1.85 bits per heavy atom. The average molecular weight is 290 g/mol. The third-order valence-corrected chi connectivity index (χ3v) is 4.22. The first-order valence-electron chi connectivity index (χ1n) is 7.20. The normalized spacial score (nSPS) is 31.6. The van der Waals surface area contributed by atoms with E-state index in [0.717, 1.165) is 12.8 Å². The van der Waals surface area contributed by atoms with Crippen LogP contribution in [0.5, 0.6) is 0 Å². The number of carbonyl (C=O) groups excluding carboxylic acids is 1. The minimum Gasteiger partial charge on any atom is -0.350 e. The topological polar surface area (TPSA) is 55.1 Å². The fraction of sp³-hybridized carbons (Fsp3) is 0.786. The van der Waals surface area contributed by atoms with E-state index >= 15 is 0 Å². The van der Waals surface area contributed by atoms with Crippen molar-refractivity contribution in [2.45, 2.75) is 63.2 Å². The first-order valence-corrected chi connectivity index (χ1v) is 7.20. The van der Waals surface area contributed by atoms with E-state index < -0.39 is 12.1 Å². The van der Waals surface area contributed by atoms with Crippen molar-refractivity contribution in [2.24, 2.45) is 11.7 Å². The minimum atomic E-state index is -4.10. The molecule has 20 heavy (non-hydrogen) atoms. The minimum absolute atomic E-state index is 0.0783. The number of carbonyl (C=O) groups is 1. The van der Waals surface area contributed by atoms with Crippen LogP contribution in [0.4, 0.5) is 13.2 Å². The van der Waals surface area contributed by atoms with Crippen molar-refractivity contribution in [1.82, 2.24) is 5.32 Å². The molecule has 0 bridgehead atoms. The third kappa shape index (κ3) is 3.98. The lowest BCUT2D eigenvalue weighted by Gasteiger charge is -2.30. The van der Waals surface area contributed by atoms with Gasteiger partial charge in [-0.25, -0.2) is 0 Å². The van der Waals surface area contributed by atoms with Crippen LogP contribution in [0.3, 0.4) is 0 Å². The number of hydrogen-bond acceptors (Lipinski definition) is 2. The van der Waals surface area contributed by atoms with Crippen LogP contribution in [0.25, 0.3) is 0 Å². The number of rotatable bonds is 2. The Morgan fingerprint density at radius 1 is 1.20 bits per heavy atom. The van der Waals surface area contributed by atoms with Crippen LogP contribution >= 0.6 is 0 Å². The molecule has 0 aromatic rings. The maximum atomic E-state index is 12.6. The fourth-order valence-electron chi connectivity index (χ4n) is 2.99. The zero-order chi connectivity index (χ0) is 14.8. The number of hydrogen-bond donors (Lipinski definition) is 2. The van der Waals surface area contributed by atoms with Crippen molar-refractivity contribution in [2.75, 3.05) is 0 Å². The highest BCUT2D eigenvalue weighted by atomic mass is 19.4. The summed E-state index contributed by atoms with van der Waals surface area (Å²) >= 11 is 0. The molecule has 114 valence electrons. The van der Waals surface area contributed by atoms with Gasteiger partial charge >= 0.3 is 6.18 Å². The summed E-state index contributed by atoms with van der Waals surface area (Å²) in [6, 6.07) is -0.217. The van der Waals surface area contributed by atoms with Crippen LogP contribution in [-0.2, 0) is 4.79 Å². The second-order valence-corrected chi connectivity index (χ2v) is 5.81. The summed E-state index contributed by atoms with van der Waals surface area (Å²) in [5, 5.41) is 2.85. The average Bonchev–Trinajstić information content (AvgIpc) is 2.38. The molecule has 1 unspecified atom stereocenters. The van der Waals surface area contributed by atoms with Gasteiger partial charge in [-0.1, -0.05) is 6.08 Å². The molecule has 0 aromatic heterocycles. The van der Waals surface area contributed by atoms with Crippen molar-refractivity contribution in [3.05, 3.63) is 11.6 Å². The van der Waals surface area contributed by atoms with E-state index in [2.05, 4.69) is 5.32 Å². The fourth-order valence-corrected chi connectivity index (χ4v) is 2.99. The van der Waals surface area contributed by atoms with Crippen molar-refractivity contribution in [3.8, 4) is 0 Å². The van der Waals surface area contributed by atoms with Gasteiger partial charge in [-0.05, 0) is 44.9 Å². The molecule has 3 nitrogen and oxygen atoms in total. The summed E-state index contributed by atoms with van der Waals surface area (Å²) in [5.74, 6) is -1.37. The Balaban J connectivity index is 1.82. The van der Waals surface area contributed by atoms with Gasteiger partial charge in [0, 0.05) is 17.7 Å². The van der Waals surface area contributed by atoms with Crippen molar-refractivity contribution >= 4 is 5.91 Å². The van der Waals surface area contributed by atoms with Crippen molar-refractivity contribution in [3.63, 3.8) is 0 Å². The molecule has 2 rings (SSSR count). The third-order valence-electron chi connectivity index (χ3n) is 4.22. The van der Waals surface area contributed by atoms with E-state index in [1.54, 1.807) is 6.08 Å². The predicted molar refractivity (Wildman–Crippen MR) is 69.9 cm³/mol. The number of nitrogens with one attached hydrogen (secondary N) is 1. The Bertz CT molecular complexity index is 384. The maximum absolute atomic E-state index is 12.6. The molecule has 2 aliphatic carbocycles. The quantitative estimate of drug-likeness (QED) is 0.821. The Labute approximate surface area is 116 Å². The van der Waals surface area contributed by atoms with E-state index in [1.807, 2.05) is 0 Å². The van der Waals surface area contributed by atoms with Gasteiger partial charge in [0.25, 0.3) is 0 Å². The van der Waals surface area contributed by atoms with Crippen LogP contribution in [0, 0.1) is 5.92 Å². The Morgan fingerprint density at radius 3 is 2.40 bits per heavy atom. The molecule has 3 N–H and O–H groups in total. The highest BCUT2D eigenvalue weighted by Gasteiger charge is 2.41. The van der Waals surface area contributed by atoms with Crippen LogP contribution in [0.1, 0.15) is 44.9 Å². The molecule has 1 amide bonds. The number of alkyl halides is 3. The summed E-state index contributed by atoms with van der Waals surface area (Å²) in [6.45, 7) is 0. The van der Waals surface area contributed by atoms with E-state index in [-0.39, 0.29) is 30.8 Å². The standard InChI is InChI=1S/C14H21F3N2O/c15-14(16,17)10-4-6-12(7-5-10)19-13(20)9-2-1-3-11(18)8-9/h8,10-12H,1-7,18H2,(H,19,20). The van der Waals surface area contributed by atoms with E-state index in [9.17, 15) is 18.0 Å². The van der Waals surface area contributed by atoms with Gasteiger partial charge in [0.1, 0.15) is 0 Å². The summed E-state index contributed by atoms with van der Waals surface area (Å²) in [7, 11) is 0. The molecule has 0 radical (unpaired) electrons. The van der Waals surface area contributed by atoms with Crippen LogP contribution in [0.2, 0.25) is 0 Å². The lowest BCUT2D eigenvalue weighted by molar-refractivity contribution is -0.182. The van der Waals surface area contributed by atoms with Gasteiger partial charge < -0.3 is 11.1 Å². The smallest absolute Gasteiger partial charge is 0.350 e. The summed E-state index contributed by atoms with van der Waals surface area (Å²) in [6.07, 6.45) is 1.16. The molecule has 0 aromatic carbocycles. The van der Waals surface area contributed by atoms with E-state index in [4.69, 9.17) is 5.73 Å². The van der Waals surface area contributed by atoms with Crippen LogP contribution in [-0.4, -0.2) is 24.2 Å². The Hall–Kier alpha value is -1.04. The first kappa shape index (κ1) is 15.4. The molecular weight excluding hydrogens is 269 g/mol. The lowest BCUT2D eigenvalue weighted by Crippen LogP contribution is -2.41. The van der Waals surface area contributed by atoms with Crippen LogP contribution in [0.15, 0.2) is 11.6 Å². The first-order chi connectivity index (χ1) is 9.36. The van der Waals surface area contributed by atoms with Gasteiger partial charge in [-0.15, -0.1) is 0 Å². The molecule has 2 aliphatic rings. The zero-order valence-electron chi connectivity index (χ0n) is 11.4. The summed E-state index contributed by atoms with van der Waals surface area (Å²) in [5.41, 5.74) is 6.46. The predicted octanol–water partition coefficient (Wildman–Crippen LogP) is 2.66. The van der Waals surface area contributed by atoms with Gasteiger partial charge in [-0.3, -0.25) is 4.79 Å². The second kappa shape index (κ2) is 6.16. The molecule has 0 saturated heterocycles. The molecular formula is C14H21F3N2O. The van der Waals surface area contributed by atoms with Crippen LogP contribution < -0.4 is 11.1 Å². The van der Waals surface area contributed by atoms with Crippen molar-refractivity contribution < 1.29 is 18.0 Å². The number of nitrogens with two attached hydrogens (primary N) is 1. The summed E-state index contributed by atoms with van der Waals surface area (Å²) < 4.78 is 37.7. The molecule has 1 atom stereocenters. The molecule has 6 heteroatoms. The Kier molecular flexibility index (Phi) is 4.73. The highest BCUT2D eigenvalue weighted by molar-refractivity contribution is 5.93. The molecule has 0 spiro atoms. The largest absolute Gasteiger partial charge is 0.391 e. The second-order valence-electron chi connectivity index (χ2n) is 5.81. The van der Waals surface area contributed by atoms with E-state index in [1.165, 1.54) is 0 Å². The van der Waals surface area contributed by atoms with Gasteiger partial charge in [-0.2, -0.15) is 13.2 Å². The highest BCUT2D eigenvalue weighted by Crippen LogP contribution is 2.37. The molecule has 1 saturated carbocycles. The zero-order valence-corrected chi connectivity index (χ0v) is 11.4. The van der Waals surface area contributed by atoms with Crippen molar-refractivity contribution in [1.29, 1.82) is 0 Å². The maximum Gasteiger partial charge on any atom is 0.391 e. The molecule has 1 fully saturated rings.